The molecular weight excluding hydrogens is 464 g/mol. The van der Waals surface area contributed by atoms with Crippen molar-refractivity contribution in [2.45, 2.75) is 24.8 Å². The third-order valence-corrected chi connectivity index (χ3v) is 6.02. The molecule has 3 aromatic rings. The third-order valence-electron chi connectivity index (χ3n) is 5.79. The number of aliphatic hydroxyl groups excluding tert-OH is 1. The van der Waals surface area contributed by atoms with E-state index in [1.165, 1.54) is 0 Å². The Balaban J connectivity index is 1.49. The standard InChI is InChI=1S/C28H29ClN2O4/c29-24-9-4-8-21(18-24)14-15-30-27(33)28(19-22-6-2-1-3-7-22)20-35-26(31-28)23-10-12-25(13-11-23)34-17-5-16-32/h1-4,6-13,18,32H,5,14-17,19-20H2,(H,30,33)/t28-/m1/s1. The second-order valence-corrected chi connectivity index (χ2v) is 8.92. The lowest BCUT2D eigenvalue weighted by Crippen LogP contribution is -2.48. The van der Waals surface area contributed by atoms with Crippen LogP contribution in [0.5, 0.6) is 5.75 Å². The molecule has 3 aromatic carbocycles. The molecule has 1 heterocycles. The van der Waals surface area contributed by atoms with Gasteiger partial charge in [-0.05, 0) is 53.9 Å². The zero-order valence-corrected chi connectivity index (χ0v) is 20.2. The van der Waals surface area contributed by atoms with Crippen molar-refractivity contribution in [1.82, 2.24) is 5.32 Å². The number of aliphatic imine (C=N–C) groups is 1. The van der Waals surface area contributed by atoms with Crippen LogP contribution in [0.25, 0.3) is 0 Å². The van der Waals surface area contributed by atoms with E-state index in [-0.39, 0.29) is 19.1 Å². The number of carbonyl (C=O) groups is 1. The van der Waals surface area contributed by atoms with Crippen molar-refractivity contribution >= 4 is 23.4 Å². The van der Waals surface area contributed by atoms with E-state index >= 15 is 0 Å². The van der Waals surface area contributed by atoms with Gasteiger partial charge in [0, 0.05) is 36.6 Å². The molecule has 0 radical (unpaired) electrons. The van der Waals surface area contributed by atoms with Gasteiger partial charge in [-0.2, -0.15) is 0 Å². The monoisotopic (exact) mass is 492 g/mol. The van der Waals surface area contributed by atoms with E-state index in [1.54, 1.807) is 0 Å². The van der Waals surface area contributed by atoms with Gasteiger partial charge in [0.15, 0.2) is 5.54 Å². The van der Waals surface area contributed by atoms with Gasteiger partial charge in [-0.25, -0.2) is 4.99 Å². The minimum absolute atomic E-state index is 0.0907. The van der Waals surface area contributed by atoms with Crippen LogP contribution in [0.3, 0.4) is 0 Å². The number of ether oxygens (including phenoxy) is 2. The van der Waals surface area contributed by atoms with Gasteiger partial charge in [-0.3, -0.25) is 4.79 Å². The molecule has 0 fully saturated rings. The van der Waals surface area contributed by atoms with Crippen LogP contribution >= 0.6 is 11.6 Å². The van der Waals surface area contributed by atoms with Crippen molar-refractivity contribution in [3.05, 3.63) is 101 Å². The van der Waals surface area contributed by atoms with Crippen molar-refractivity contribution in [3.8, 4) is 5.75 Å². The summed E-state index contributed by atoms with van der Waals surface area (Å²) < 4.78 is 11.6. The highest BCUT2D eigenvalue weighted by Crippen LogP contribution is 2.27. The molecule has 182 valence electrons. The smallest absolute Gasteiger partial charge is 0.251 e. The molecule has 35 heavy (non-hydrogen) atoms. The van der Waals surface area contributed by atoms with Crippen molar-refractivity contribution in [2.24, 2.45) is 4.99 Å². The predicted molar refractivity (Wildman–Crippen MR) is 137 cm³/mol. The first-order valence-electron chi connectivity index (χ1n) is 11.7. The highest BCUT2D eigenvalue weighted by atomic mass is 35.5. The van der Waals surface area contributed by atoms with Gasteiger partial charge < -0.3 is 19.9 Å². The average Bonchev–Trinajstić information content (AvgIpc) is 3.30. The van der Waals surface area contributed by atoms with E-state index in [0.717, 1.165) is 16.7 Å². The maximum atomic E-state index is 13.4. The lowest BCUT2D eigenvalue weighted by Gasteiger charge is -2.23. The first-order chi connectivity index (χ1) is 17.1. The molecule has 0 saturated carbocycles. The summed E-state index contributed by atoms with van der Waals surface area (Å²) in [7, 11) is 0. The summed E-state index contributed by atoms with van der Waals surface area (Å²) in [6.07, 6.45) is 1.68. The minimum Gasteiger partial charge on any atom is -0.494 e. The largest absolute Gasteiger partial charge is 0.494 e. The fourth-order valence-corrected chi connectivity index (χ4v) is 4.15. The normalized spacial score (nSPS) is 16.9. The second-order valence-electron chi connectivity index (χ2n) is 8.49. The topological polar surface area (TPSA) is 80.2 Å². The molecule has 0 unspecified atom stereocenters. The van der Waals surface area contributed by atoms with Gasteiger partial charge >= 0.3 is 0 Å². The van der Waals surface area contributed by atoms with Crippen molar-refractivity contribution < 1.29 is 19.4 Å². The van der Waals surface area contributed by atoms with Crippen molar-refractivity contribution in [1.29, 1.82) is 0 Å². The van der Waals surface area contributed by atoms with E-state index in [0.29, 0.717) is 49.1 Å². The summed E-state index contributed by atoms with van der Waals surface area (Å²) >= 11 is 6.08. The number of nitrogens with zero attached hydrogens (tertiary/aromatic N) is 1. The molecule has 2 N–H and O–H groups in total. The highest BCUT2D eigenvalue weighted by Gasteiger charge is 2.44. The van der Waals surface area contributed by atoms with Gasteiger partial charge in [-0.15, -0.1) is 0 Å². The predicted octanol–water partition coefficient (Wildman–Crippen LogP) is 4.22. The number of hydrogen-bond acceptors (Lipinski definition) is 5. The minimum atomic E-state index is -1.05. The van der Waals surface area contributed by atoms with Crippen molar-refractivity contribution in [3.63, 3.8) is 0 Å². The lowest BCUT2D eigenvalue weighted by molar-refractivity contribution is -0.126. The van der Waals surface area contributed by atoms with Crippen LogP contribution in [0.4, 0.5) is 0 Å². The Hall–Kier alpha value is -3.35. The third kappa shape index (κ3) is 6.62. The van der Waals surface area contributed by atoms with E-state index in [4.69, 9.17) is 31.2 Å². The van der Waals surface area contributed by atoms with Crippen LogP contribution in [0, 0.1) is 0 Å². The van der Waals surface area contributed by atoms with Gasteiger partial charge in [0.1, 0.15) is 12.4 Å². The Morgan fingerprint density at radius 3 is 2.57 bits per heavy atom. The molecule has 0 bridgehead atoms. The number of halogens is 1. The maximum absolute atomic E-state index is 13.4. The van der Waals surface area contributed by atoms with E-state index in [2.05, 4.69) is 5.32 Å². The number of benzene rings is 3. The number of amides is 1. The highest BCUT2D eigenvalue weighted by molar-refractivity contribution is 6.30. The van der Waals surface area contributed by atoms with Crippen LogP contribution in [-0.4, -0.2) is 48.8 Å². The van der Waals surface area contributed by atoms with Crippen LogP contribution < -0.4 is 10.1 Å². The van der Waals surface area contributed by atoms with E-state index in [9.17, 15) is 4.79 Å². The Labute approximate surface area is 210 Å². The molecule has 1 amide bonds. The SMILES string of the molecule is O=C(NCCc1cccc(Cl)c1)[C@@]1(Cc2ccccc2)COC(c2ccc(OCCCO)cc2)=N1. The number of carbonyl (C=O) groups excluding carboxylic acids is 1. The first kappa shape index (κ1) is 24.8. The Kier molecular flexibility index (Phi) is 8.40. The summed E-state index contributed by atoms with van der Waals surface area (Å²) in [6, 6.07) is 24.9. The molecule has 1 aliphatic rings. The van der Waals surface area contributed by atoms with Gasteiger partial charge in [0.05, 0.1) is 6.61 Å². The maximum Gasteiger partial charge on any atom is 0.251 e. The zero-order valence-electron chi connectivity index (χ0n) is 19.5. The van der Waals surface area contributed by atoms with E-state index in [1.807, 2.05) is 78.9 Å². The molecule has 1 aliphatic heterocycles. The average molecular weight is 493 g/mol. The molecular formula is C28H29ClN2O4. The fraction of sp³-hybridized carbons (Fsp3) is 0.286. The van der Waals surface area contributed by atoms with Crippen LogP contribution in [0.2, 0.25) is 5.02 Å². The Morgan fingerprint density at radius 2 is 1.83 bits per heavy atom. The van der Waals surface area contributed by atoms with Gasteiger partial charge in [-0.1, -0.05) is 54.1 Å². The molecule has 0 saturated heterocycles. The van der Waals surface area contributed by atoms with E-state index < -0.39 is 5.54 Å². The zero-order chi connectivity index (χ0) is 24.5. The summed E-state index contributed by atoms with van der Waals surface area (Å²) in [6.45, 7) is 1.17. The second kappa shape index (κ2) is 11.9. The molecule has 0 aromatic heterocycles. The fourth-order valence-electron chi connectivity index (χ4n) is 3.94. The van der Waals surface area contributed by atoms with Gasteiger partial charge in [0.25, 0.3) is 5.91 Å². The quantitative estimate of drug-likeness (QED) is 0.393. The molecule has 0 aliphatic carbocycles. The first-order valence-corrected chi connectivity index (χ1v) is 12.1. The number of aliphatic hydroxyl groups is 1. The molecule has 4 rings (SSSR count). The van der Waals surface area contributed by atoms with Crippen LogP contribution in [0.15, 0.2) is 83.9 Å². The molecule has 7 heteroatoms. The summed E-state index contributed by atoms with van der Waals surface area (Å²) in [5.41, 5.74) is 1.80. The number of nitrogens with one attached hydrogen (secondary N) is 1. The number of hydrogen-bond donors (Lipinski definition) is 2. The molecule has 1 atom stereocenters. The summed E-state index contributed by atoms with van der Waals surface area (Å²) in [5.74, 6) is 0.977. The Morgan fingerprint density at radius 1 is 1.06 bits per heavy atom. The van der Waals surface area contributed by atoms with Crippen LogP contribution in [0.1, 0.15) is 23.1 Å². The van der Waals surface area contributed by atoms with Gasteiger partial charge in [0.2, 0.25) is 5.90 Å². The lowest BCUT2D eigenvalue weighted by atomic mass is 9.91. The Bertz CT molecular complexity index is 1150. The molecule has 0 spiro atoms. The van der Waals surface area contributed by atoms with Crippen molar-refractivity contribution in [2.75, 3.05) is 26.4 Å². The van der Waals surface area contributed by atoms with Crippen LogP contribution in [-0.2, 0) is 22.4 Å². The summed E-state index contributed by atoms with van der Waals surface area (Å²) in [5, 5.41) is 12.6. The molecule has 6 nitrogen and oxygen atoms in total. The summed E-state index contributed by atoms with van der Waals surface area (Å²) in [4.78, 5) is 18.3. The number of rotatable bonds is 11.